The van der Waals surface area contributed by atoms with Gasteiger partial charge in [-0.05, 0) is 168 Å². The van der Waals surface area contributed by atoms with E-state index < -0.39 is 0 Å². The number of furan rings is 1. The predicted octanol–water partition coefficient (Wildman–Crippen LogP) is 18.5. The fourth-order valence-corrected chi connectivity index (χ4v) is 13.9. The number of hydrogen-bond acceptors (Lipinski definition) is 4. The summed E-state index contributed by atoms with van der Waals surface area (Å²) in [6, 6.07) is 65.4. The lowest BCUT2D eigenvalue weighted by molar-refractivity contribution is 0.332. The lowest BCUT2D eigenvalue weighted by Gasteiger charge is -2.50. The summed E-state index contributed by atoms with van der Waals surface area (Å²) in [5.74, 6) is 0. The van der Waals surface area contributed by atoms with Crippen molar-refractivity contribution in [3.63, 3.8) is 0 Å². The van der Waals surface area contributed by atoms with Gasteiger partial charge in [-0.3, -0.25) is 0 Å². The third-order valence-electron chi connectivity index (χ3n) is 18.4. The van der Waals surface area contributed by atoms with E-state index in [1.165, 1.54) is 89.9 Å². The zero-order chi connectivity index (χ0) is 52.6. The van der Waals surface area contributed by atoms with Crippen LogP contribution in [0.3, 0.4) is 0 Å². The molecular weight excluding hydrogens is 922 g/mol. The van der Waals surface area contributed by atoms with Gasteiger partial charge < -0.3 is 19.0 Å². The fraction of sp³-hybridized carbons (Fsp3) is 0.268. The fourth-order valence-electron chi connectivity index (χ4n) is 13.9. The summed E-state index contributed by atoms with van der Waals surface area (Å²) in [6.07, 6.45) is 2.31. The van der Waals surface area contributed by atoms with Gasteiger partial charge in [0, 0.05) is 67.1 Å². The molecule has 0 saturated carbocycles. The second kappa shape index (κ2) is 15.8. The highest BCUT2D eigenvalue weighted by Gasteiger charge is 2.51. The van der Waals surface area contributed by atoms with Crippen molar-refractivity contribution in [3.05, 3.63) is 203 Å². The zero-order valence-electron chi connectivity index (χ0n) is 46.4. The first-order chi connectivity index (χ1) is 36.2. The molecule has 4 aliphatic rings. The number of hydrogen-bond donors (Lipinski definition) is 0. The molecule has 4 nitrogen and oxygen atoms in total. The van der Waals surface area contributed by atoms with Crippen molar-refractivity contribution in [2.24, 2.45) is 0 Å². The summed E-state index contributed by atoms with van der Waals surface area (Å²) in [5, 5.41) is 4.76. The molecule has 376 valence electrons. The van der Waals surface area contributed by atoms with Gasteiger partial charge in [0.15, 0.2) is 0 Å². The Morgan fingerprint density at radius 1 is 0.500 bits per heavy atom. The van der Waals surface area contributed by atoms with Crippen LogP contribution >= 0.6 is 0 Å². The van der Waals surface area contributed by atoms with E-state index >= 15 is 0 Å². The van der Waals surface area contributed by atoms with Gasteiger partial charge in [-0.2, -0.15) is 0 Å². The smallest absolute Gasteiger partial charge is 0.333 e. The molecule has 0 bridgehead atoms. The molecule has 0 saturated heterocycles. The first kappa shape index (κ1) is 47.0. The topological polar surface area (TPSA) is 22.9 Å². The van der Waals surface area contributed by atoms with E-state index in [-0.39, 0.29) is 33.9 Å². The van der Waals surface area contributed by atoms with Crippen LogP contribution in [0.4, 0.5) is 45.5 Å². The van der Waals surface area contributed by atoms with Crippen LogP contribution in [0.25, 0.3) is 43.8 Å². The van der Waals surface area contributed by atoms with Gasteiger partial charge in [0.1, 0.15) is 11.2 Å². The highest BCUT2D eigenvalue weighted by atomic mass is 16.3. The van der Waals surface area contributed by atoms with E-state index in [1.807, 2.05) is 0 Å². The molecule has 76 heavy (non-hydrogen) atoms. The Bertz CT molecular complexity index is 4010. The maximum Gasteiger partial charge on any atom is 0.333 e. The zero-order valence-corrected chi connectivity index (χ0v) is 46.4. The highest BCUT2D eigenvalue weighted by Crippen LogP contribution is 2.58. The molecule has 0 unspecified atom stereocenters. The van der Waals surface area contributed by atoms with Crippen LogP contribution < -0.4 is 25.5 Å². The van der Waals surface area contributed by atoms with Crippen LogP contribution in [0.2, 0.25) is 0 Å². The molecular formula is C71H68BN3O. The summed E-state index contributed by atoms with van der Waals surface area (Å²) in [5.41, 5.74) is 24.3. The number of rotatable bonds is 4. The standard InChI is InChI=1S/C71H68BN3O/c1-67(2,3)45-24-28-47(29-25-45)73(48-30-26-46(27-31-48)68(4,5)6)49-33-35-59-53(40-49)63-64-61(42-52-51-20-15-16-23-62(51)76-66(52)63)74-60-39-44-19-14-13-18-43(44)38-57(60)71(11,12)55-21-17-22-58(65(55)74)72(64)75(59)50-32-34-54-56(41-50)70(9,10)37-36-69(54,7)8/h13-35,38-42H,36-37H2,1-12H3. The number of benzene rings is 9. The van der Waals surface area contributed by atoms with Crippen LogP contribution in [0.15, 0.2) is 174 Å². The number of para-hydroxylation sites is 2. The minimum atomic E-state index is -0.276. The Labute approximate surface area is 450 Å². The van der Waals surface area contributed by atoms with Crippen LogP contribution in [0.1, 0.15) is 129 Å². The third-order valence-corrected chi connectivity index (χ3v) is 18.4. The molecule has 0 spiro atoms. The van der Waals surface area contributed by atoms with Crippen molar-refractivity contribution in [3.8, 4) is 11.1 Å². The van der Waals surface area contributed by atoms with Gasteiger partial charge in [0.05, 0.1) is 5.69 Å². The van der Waals surface area contributed by atoms with Crippen molar-refractivity contribution in [2.45, 2.75) is 123 Å². The second-order valence-corrected chi connectivity index (χ2v) is 26.5. The molecule has 14 rings (SSSR count). The lowest BCUT2D eigenvalue weighted by Crippen LogP contribution is -2.62. The van der Waals surface area contributed by atoms with E-state index in [0.717, 1.165) is 56.5 Å². The van der Waals surface area contributed by atoms with Crippen LogP contribution in [-0.4, -0.2) is 6.85 Å². The Morgan fingerprint density at radius 3 is 1.79 bits per heavy atom. The summed E-state index contributed by atoms with van der Waals surface area (Å²) < 4.78 is 7.31. The van der Waals surface area contributed by atoms with Crippen molar-refractivity contribution >= 4 is 96.0 Å². The minimum absolute atomic E-state index is 0.0181. The van der Waals surface area contributed by atoms with Crippen LogP contribution in [-0.2, 0) is 27.1 Å². The normalized spacial score (nSPS) is 16.6. The van der Waals surface area contributed by atoms with E-state index in [2.05, 4.69) is 268 Å². The van der Waals surface area contributed by atoms with Crippen molar-refractivity contribution < 1.29 is 4.42 Å². The molecule has 9 aromatic carbocycles. The Hall–Kier alpha value is -7.50. The monoisotopic (exact) mass is 990 g/mol. The van der Waals surface area contributed by atoms with Gasteiger partial charge in [-0.25, -0.2) is 0 Å². The Morgan fingerprint density at radius 2 is 1.12 bits per heavy atom. The molecule has 10 aromatic rings. The molecule has 0 amide bonds. The van der Waals surface area contributed by atoms with Crippen molar-refractivity contribution in [1.29, 1.82) is 0 Å². The molecule has 0 atom stereocenters. The van der Waals surface area contributed by atoms with Gasteiger partial charge in [0.2, 0.25) is 0 Å². The lowest BCUT2D eigenvalue weighted by atomic mass is 9.42. The van der Waals surface area contributed by atoms with Gasteiger partial charge in [0.25, 0.3) is 0 Å². The van der Waals surface area contributed by atoms with Crippen LogP contribution in [0, 0.1) is 0 Å². The van der Waals surface area contributed by atoms with Gasteiger partial charge in [-0.15, -0.1) is 0 Å². The SMILES string of the molecule is CC(C)(C)c1ccc(N(c2ccc(C(C)(C)C)cc2)c2ccc3c(c2)-c2c4c(cc5c2oc2ccccc25)N2c5cc6ccccc6cc5C(C)(C)c5cccc(c52)B4N3c2ccc3c(c2)C(C)(C)CCC3(C)C)cc1. The number of nitrogens with zero attached hydrogens (tertiary/aromatic N) is 3. The molecule has 0 fully saturated rings. The number of anilines is 8. The van der Waals surface area contributed by atoms with Crippen LogP contribution in [0.5, 0.6) is 0 Å². The Balaban J connectivity index is 1.11. The van der Waals surface area contributed by atoms with Gasteiger partial charge >= 0.3 is 6.85 Å². The molecule has 1 aromatic heterocycles. The number of fused-ring (bicyclic) bond motifs is 12. The molecule has 0 radical (unpaired) electrons. The minimum Gasteiger partial charge on any atom is -0.455 e. The summed E-state index contributed by atoms with van der Waals surface area (Å²) in [6.45, 7) is 28.2. The van der Waals surface area contributed by atoms with Crippen molar-refractivity contribution in [2.75, 3.05) is 14.6 Å². The molecule has 0 N–H and O–H groups in total. The average Bonchev–Trinajstić information content (AvgIpc) is 3.91. The second-order valence-electron chi connectivity index (χ2n) is 26.5. The molecule has 5 heteroatoms. The molecule has 1 aliphatic carbocycles. The first-order valence-corrected chi connectivity index (χ1v) is 27.7. The van der Waals surface area contributed by atoms with E-state index in [4.69, 9.17) is 4.42 Å². The average molecular weight is 990 g/mol. The maximum absolute atomic E-state index is 7.31. The molecule has 3 aliphatic heterocycles. The van der Waals surface area contributed by atoms with E-state index in [1.54, 1.807) is 0 Å². The predicted molar refractivity (Wildman–Crippen MR) is 324 cm³/mol. The summed E-state index contributed by atoms with van der Waals surface area (Å²) in [7, 11) is 0. The maximum atomic E-state index is 7.31. The largest absolute Gasteiger partial charge is 0.455 e. The first-order valence-electron chi connectivity index (χ1n) is 27.7. The van der Waals surface area contributed by atoms with Crippen molar-refractivity contribution in [1.82, 2.24) is 0 Å². The van der Waals surface area contributed by atoms with Gasteiger partial charge in [-0.1, -0.05) is 174 Å². The van der Waals surface area contributed by atoms with E-state index in [9.17, 15) is 0 Å². The quantitative estimate of drug-likeness (QED) is 0.164. The van der Waals surface area contributed by atoms with E-state index in [0.29, 0.717) is 0 Å². The Kier molecular flexibility index (Phi) is 9.76. The summed E-state index contributed by atoms with van der Waals surface area (Å²) in [4.78, 5) is 7.83. The third kappa shape index (κ3) is 6.76. The summed E-state index contributed by atoms with van der Waals surface area (Å²) >= 11 is 0. The molecule has 4 heterocycles. The highest BCUT2D eigenvalue weighted by molar-refractivity contribution is 6.94.